The summed E-state index contributed by atoms with van der Waals surface area (Å²) in [5.41, 5.74) is 2.86. The number of methoxy groups -OCH3 is 1. The highest BCUT2D eigenvalue weighted by Gasteiger charge is 2.42. The van der Waals surface area contributed by atoms with Crippen molar-refractivity contribution in [1.29, 1.82) is 0 Å². The van der Waals surface area contributed by atoms with Crippen molar-refractivity contribution in [1.82, 2.24) is 19.9 Å². The Morgan fingerprint density at radius 2 is 1.94 bits per heavy atom. The molecule has 160 valence electrons. The van der Waals surface area contributed by atoms with Crippen LogP contribution in [-0.2, 0) is 0 Å². The number of thiocarbonyl (C=S) groups is 1. The van der Waals surface area contributed by atoms with Crippen LogP contribution in [0.4, 0.5) is 5.69 Å². The summed E-state index contributed by atoms with van der Waals surface area (Å²) in [5, 5.41) is 4.70. The van der Waals surface area contributed by atoms with E-state index in [1.807, 2.05) is 66.9 Å². The smallest absolute Gasteiger partial charge is 0.174 e. The molecule has 5 rings (SSSR count). The highest BCUT2D eigenvalue weighted by Crippen LogP contribution is 2.42. The number of hydrogen-bond acceptors (Lipinski definition) is 4. The number of nitrogens with zero attached hydrogens (tertiary/aromatic N) is 4. The number of aromatic nitrogens is 3. The van der Waals surface area contributed by atoms with Crippen LogP contribution in [0, 0.1) is 0 Å². The molecule has 1 aromatic carbocycles. The number of anilines is 1. The van der Waals surface area contributed by atoms with Crippen LogP contribution in [0.1, 0.15) is 23.5 Å². The van der Waals surface area contributed by atoms with Crippen LogP contribution in [0.2, 0.25) is 5.02 Å². The Balaban J connectivity index is 1.66. The van der Waals surface area contributed by atoms with Crippen molar-refractivity contribution in [3.05, 3.63) is 102 Å². The first kappa shape index (κ1) is 20.5. The third-order valence-electron chi connectivity index (χ3n) is 5.47. The van der Waals surface area contributed by atoms with Crippen LogP contribution in [0.5, 0.6) is 5.75 Å². The molecule has 6 nitrogen and oxygen atoms in total. The van der Waals surface area contributed by atoms with E-state index < -0.39 is 0 Å². The van der Waals surface area contributed by atoms with E-state index in [9.17, 15) is 0 Å². The first-order chi connectivity index (χ1) is 15.7. The van der Waals surface area contributed by atoms with Gasteiger partial charge < -0.3 is 19.5 Å². The second-order valence-corrected chi connectivity index (χ2v) is 8.16. The number of nitrogens with one attached hydrogen (secondary N) is 1. The average molecular weight is 462 g/mol. The molecule has 1 aliphatic heterocycles. The van der Waals surface area contributed by atoms with E-state index in [-0.39, 0.29) is 12.1 Å². The monoisotopic (exact) mass is 461 g/mol. The van der Waals surface area contributed by atoms with Gasteiger partial charge in [-0.1, -0.05) is 23.7 Å². The molecule has 1 fully saturated rings. The van der Waals surface area contributed by atoms with E-state index >= 15 is 0 Å². The third kappa shape index (κ3) is 3.70. The molecule has 4 aromatic rings. The molecule has 1 aliphatic rings. The number of rotatable bonds is 5. The Kier molecular flexibility index (Phi) is 5.51. The van der Waals surface area contributed by atoms with Crippen molar-refractivity contribution in [3.63, 3.8) is 0 Å². The zero-order valence-corrected chi connectivity index (χ0v) is 18.8. The fourth-order valence-electron chi connectivity index (χ4n) is 4.05. The van der Waals surface area contributed by atoms with Gasteiger partial charge in [0.05, 0.1) is 23.9 Å². The predicted molar refractivity (Wildman–Crippen MR) is 129 cm³/mol. The standard InChI is InChI=1S/C24H20ClN5OS/c1-31-18-7-4-6-17(14-18)30-23(22(28-24(30)32)19-8-2-3-12-26-19)20-9-5-13-29(20)21-11-10-16(25)15-27-21/h2-15,22-23H,1H3,(H,28,32). The molecule has 8 heteroatoms. The third-order valence-corrected chi connectivity index (χ3v) is 6.01. The van der Waals surface area contributed by atoms with Crippen LogP contribution >= 0.6 is 23.8 Å². The van der Waals surface area contributed by atoms with E-state index in [0.717, 1.165) is 28.6 Å². The molecule has 3 aromatic heterocycles. The van der Waals surface area contributed by atoms with Gasteiger partial charge in [-0.2, -0.15) is 0 Å². The van der Waals surface area contributed by atoms with Gasteiger partial charge in [-0.05, 0) is 60.7 Å². The van der Waals surface area contributed by atoms with Crippen LogP contribution in [0.3, 0.4) is 0 Å². The van der Waals surface area contributed by atoms with Crippen molar-refractivity contribution in [2.24, 2.45) is 0 Å². The van der Waals surface area contributed by atoms with Gasteiger partial charge in [-0.3, -0.25) is 4.98 Å². The molecule has 0 bridgehead atoms. The number of ether oxygens (including phenoxy) is 1. The second kappa shape index (κ2) is 8.61. The summed E-state index contributed by atoms with van der Waals surface area (Å²) in [6, 6.07) is 21.3. The normalized spacial score (nSPS) is 17.9. The zero-order valence-electron chi connectivity index (χ0n) is 17.2. The lowest BCUT2D eigenvalue weighted by atomic mass is 10.0. The summed E-state index contributed by atoms with van der Waals surface area (Å²) in [6.07, 6.45) is 5.44. The van der Waals surface area contributed by atoms with Gasteiger partial charge in [0.2, 0.25) is 0 Å². The quantitative estimate of drug-likeness (QED) is 0.417. The molecule has 1 N–H and O–H groups in total. The summed E-state index contributed by atoms with van der Waals surface area (Å²) >= 11 is 11.9. The lowest BCUT2D eigenvalue weighted by molar-refractivity contribution is 0.414. The van der Waals surface area contributed by atoms with Crippen LogP contribution in [0.25, 0.3) is 5.82 Å². The van der Waals surface area contributed by atoms with E-state index in [2.05, 4.69) is 30.8 Å². The van der Waals surface area contributed by atoms with E-state index in [1.54, 1.807) is 19.5 Å². The number of halogens is 1. The number of pyridine rings is 2. The van der Waals surface area contributed by atoms with E-state index in [4.69, 9.17) is 28.6 Å². The average Bonchev–Trinajstić information content (AvgIpc) is 3.44. The minimum absolute atomic E-state index is 0.157. The van der Waals surface area contributed by atoms with E-state index in [1.165, 1.54) is 0 Å². The Morgan fingerprint density at radius 1 is 1.03 bits per heavy atom. The molecule has 2 atom stereocenters. The molecule has 32 heavy (non-hydrogen) atoms. The van der Waals surface area contributed by atoms with Crippen LogP contribution in [0.15, 0.2) is 85.3 Å². The Morgan fingerprint density at radius 3 is 2.69 bits per heavy atom. The lowest BCUT2D eigenvalue weighted by Gasteiger charge is -2.29. The Labute approximate surface area is 196 Å². The molecule has 1 saturated heterocycles. The molecule has 2 unspecified atom stereocenters. The maximum atomic E-state index is 6.07. The Hall–Kier alpha value is -3.42. The molecule has 0 saturated carbocycles. The summed E-state index contributed by atoms with van der Waals surface area (Å²) < 4.78 is 7.52. The first-order valence-corrected chi connectivity index (χ1v) is 10.9. The molecular weight excluding hydrogens is 442 g/mol. The summed E-state index contributed by atoms with van der Waals surface area (Å²) in [6.45, 7) is 0. The van der Waals surface area contributed by atoms with Gasteiger partial charge in [0.15, 0.2) is 5.11 Å². The molecule has 4 heterocycles. The molecule has 0 radical (unpaired) electrons. The number of hydrogen-bond donors (Lipinski definition) is 1. The minimum Gasteiger partial charge on any atom is -0.497 e. The maximum Gasteiger partial charge on any atom is 0.174 e. The highest BCUT2D eigenvalue weighted by molar-refractivity contribution is 7.80. The largest absolute Gasteiger partial charge is 0.497 e. The van der Waals surface area contributed by atoms with Gasteiger partial charge in [0.1, 0.15) is 17.6 Å². The fraction of sp³-hybridized carbons (Fsp3) is 0.125. The Bertz CT molecular complexity index is 1240. The lowest BCUT2D eigenvalue weighted by Crippen LogP contribution is -2.30. The van der Waals surface area contributed by atoms with E-state index in [0.29, 0.717) is 10.1 Å². The van der Waals surface area contributed by atoms with Gasteiger partial charge in [0.25, 0.3) is 0 Å². The van der Waals surface area contributed by atoms with Gasteiger partial charge in [0, 0.05) is 36.0 Å². The molecule has 0 aliphatic carbocycles. The van der Waals surface area contributed by atoms with Gasteiger partial charge >= 0.3 is 0 Å². The van der Waals surface area contributed by atoms with Crippen molar-refractivity contribution in [2.75, 3.05) is 12.0 Å². The highest BCUT2D eigenvalue weighted by atomic mass is 35.5. The van der Waals surface area contributed by atoms with Crippen LogP contribution in [-0.4, -0.2) is 26.8 Å². The molecular formula is C24H20ClN5OS. The molecule has 0 amide bonds. The second-order valence-electron chi connectivity index (χ2n) is 7.34. The fourth-order valence-corrected chi connectivity index (χ4v) is 4.51. The van der Waals surface area contributed by atoms with Crippen LogP contribution < -0.4 is 15.0 Å². The molecule has 0 spiro atoms. The summed E-state index contributed by atoms with van der Waals surface area (Å²) in [4.78, 5) is 11.2. The predicted octanol–water partition coefficient (Wildman–Crippen LogP) is 5.11. The summed E-state index contributed by atoms with van der Waals surface area (Å²) in [5.74, 6) is 1.54. The minimum atomic E-state index is -0.169. The van der Waals surface area contributed by atoms with Crippen molar-refractivity contribution >= 4 is 34.6 Å². The SMILES string of the molecule is COc1cccc(N2C(=S)NC(c3ccccn3)C2c2cccn2-c2ccc(Cl)cn2)c1. The van der Waals surface area contributed by atoms with Gasteiger partial charge in [-0.25, -0.2) is 4.98 Å². The van der Waals surface area contributed by atoms with Crippen molar-refractivity contribution in [2.45, 2.75) is 12.1 Å². The summed E-state index contributed by atoms with van der Waals surface area (Å²) in [7, 11) is 1.66. The maximum absolute atomic E-state index is 6.07. The van der Waals surface area contributed by atoms with Crippen molar-refractivity contribution in [3.8, 4) is 11.6 Å². The van der Waals surface area contributed by atoms with Crippen molar-refractivity contribution < 1.29 is 4.74 Å². The van der Waals surface area contributed by atoms with Gasteiger partial charge in [-0.15, -0.1) is 0 Å². The first-order valence-electron chi connectivity index (χ1n) is 10.1. The topological polar surface area (TPSA) is 55.2 Å². The number of benzene rings is 1. The zero-order chi connectivity index (χ0) is 22.1.